The lowest BCUT2D eigenvalue weighted by molar-refractivity contribution is -0.156. The second-order valence-corrected chi connectivity index (χ2v) is 8.54. The van der Waals surface area contributed by atoms with Gasteiger partial charge in [0.1, 0.15) is 5.37 Å². The fourth-order valence-corrected chi connectivity index (χ4v) is 6.52. The predicted molar refractivity (Wildman–Crippen MR) is 86.2 cm³/mol. The average Bonchev–Trinajstić information content (AvgIpc) is 3.01. The van der Waals surface area contributed by atoms with Crippen molar-refractivity contribution in [3.8, 4) is 0 Å². The molecule has 0 radical (unpaired) electrons. The van der Waals surface area contributed by atoms with Crippen LogP contribution in [0.4, 0.5) is 0 Å². The highest BCUT2D eigenvalue weighted by atomic mass is 32.2. The Balaban J connectivity index is 1.76. The number of carbonyl (C=O) groups is 2. The molecule has 3 aliphatic heterocycles. The molecule has 122 valence electrons. The van der Waals surface area contributed by atoms with Crippen molar-refractivity contribution < 1.29 is 19.8 Å². The van der Waals surface area contributed by atoms with Gasteiger partial charge in [0.25, 0.3) is 0 Å². The zero-order valence-corrected chi connectivity index (χ0v) is 14.2. The normalized spacial score (nSPS) is 33.1. The second-order valence-electron chi connectivity index (χ2n) is 5.85. The Morgan fingerprint density at radius 3 is 2.82 bits per heavy atom. The van der Waals surface area contributed by atoms with Crippen LogP contribution in [0.25, 0.3) is 0 Å². The number of carboxylic acids is 1. The maximum absolute atomic E-state index is 12.1. The molecule has 3 aliphatic rings. The summed E-state index contributed by atoms with van der Waals surface area (Å²) in [5.41, 5.74) is 0.108. The van der Waals surface area contributed by atoms with Crippen LogP contribution in [0.1, 0.15) is 20.3 Å². The third kappa shape index (κ3) is 2.55. The topological polar surface area (TPSA) is 81.1 Å². The van der Waals surface area contributed by atoms with E-state index >= 15 is 0 Å². The van der Waals surface area contributed by atoms with Gasteiger partial charge in [-0.2, -0.15) is 0 Å². The van der Waals surface area contributed by atoms with Crippen LogP contribution in [0, 0.1) is 5.92 Å². The summed E-state index contributed by atoms with van der Waals surface area (Å²) in [5, 5.41) is 19.3. The van der Waals surface area contributed by atoms with Gasteiger partial charge in [-0.3, -0.25) is 9.69 Å². The van der Waals surface area contributed by atoms with Crippen molar-refractivity contribution in [1.29, 1.82) is 0 Å². The Hall–Kier alpha value is -0.700. The maximum atomic E-state index is 12.1. The lowest BCUT2D eigenvalue weighted by Crippen LogP contribution is -2.60. The van der Waals surface area contributed by atoms with E-state index in [0.717, 1.165) is 30.3 Å². The van der Waals surface area contributed by atoms with E-state index in [1.54, 1.807) is 18.7 Å². The molecule has 2 N–H and O–H groups in total. The zero-order chi connectivity index (χ0) is 16.0. The molecule has 22 heavy (non-hydrogen) atoms. The number of β-lactam (4-membered cyclic amide) rings is 1. The van der Waals surface area contributed by atoms with Crippen LogP contribution in [0.5, 0.6) is 0 Å². The fourth-order valence-electron chi connectivity index (χ4n) is 3.16. The maximum Gasteiger partial charge on any atom is 0.354 e. The van der Waals surface area contributed by atoms with E-state index in [0.29, 0.717) is 5.25 Å². The van der Waals surface area contributed by atoms with Crippen molar-refractivity contribution in [2.75, 3.05) is 19.6 Å². The molecule has 3 rings (SSSR count). The van der Waals surface area contributed by atoms with Gasteiger partial charge < -0.3 is 15.1 Å². The van der Waals surface area contributed by atoms with E-state index < -0.39 is 18.0 Å². The molecule has 6 nitrogen and oxygen atoms in total. The van der Waals surface area contributed by atoms with Crippen LogP contribution in [0.15, 0.2) is 9.93 Å². The third-order valence-electron chi connectivity index (χ3n) is 4.42. The Morgan fingerprint density at radius 1 is 1.55 bits per heavy atom. The summed E-state index contributed by atoms with van der Waals surface area (Å²) in [6.07, 6.45) is 0.288. The number of aliphatic carboxylic acids is 1. The number of amides is 1. The number of nitrogens with zero attached hydrogens (tertiary/aromatic N) is 2. The van der Waals surface area contributed by atoms with Crippen LogP contribution >= 0.6 is 23.5 Å². The Labute approximate surface area is 137 Å². The monoisotopic (exact) mass is 344 g/mol. The number of thioether (sulfide) groups is 2. The minimum atomic E-state index is -1.06. The molecule has 0 aromatic carbocycles. The van der Waals surface area contributed by atoms with Gasteiger partial charge in [-0.25, -0.2) is 4.79 Å². The molecule has 8 heteroatoms. The van der Waals surface area contributed by atoms with Crippen molar-refractivity contribution in [1.82, 2.24) is 9.80 Å². The van der Waals surface area contributed by atoms with E-state index in [-0.39, 0.29) is 17.0 Å². The summed E-state index contributed by atoms with van der Waals surface area (Å²) in [6.45, 7) is 6.71. The van der Waals surface area contributed by atoms with E-state index in [4.69, 9.17) is 0 Å². The fraction of sp³-hybridized carbons (Fsp3) is 0.714. The number of hydrogen-bond acceptors (Lipinski definition) is 6. The first-order chi connectivity index (χ1) is 10.4. The first-order valence-corrected chi connectivity index (χ1v) is 9.24. The number of carboxylic acid groups (broad SMARTS) is 1. The molecule has 0 unspecified atom stereocenters. The van der Waals surface area contributed by atoms with Gasteiger partial charge in [0.05, 0.1) is 16.3 Å². The molecule has 3 heterocycles. The summed E-state index contributed by atoms with van der Waals surface area (Å²) in [7, 11) is 0. The lowest BCUT2D eigenvalue weighted by Gasteiger charge is -2.43. The standard InChI is InChI=1S/C14H20N2O4S2/c1-3-15-5-4-8(6-15)21-14-10(13(19)20)16-11(18)9(7(2)17)12(16)22-14/h7-9,12,17H,3-6H2,1-2H3,(H,19,20)/t7-,8-,9+,12-/m1/s1. The molecule has 0 spiro atoms. The van der Waals surface area contributed by atoms with Gasteiger partial charge in [-0.05, 0) is 26.4 Å². The minimum Gasteiger partial charge on any atom is -0.477 e. The quantitative estimate of drug-likeness (QED) is 0.720. The van der Waals surface area contributed by atoms with Crippen molar-refractivity contribution in [3.63, 3.8) is 0 Å². The van der Waals surface area contributed by atoms with Gasteiger partial charge >= 0.3 is 5.97 Å². The van der Waals surface area contributed by atoms with E-state index in [2.05, 4.69) is 11.8 Å². The van der Waals surface area contributed by atoms with Crippen LogP contribution in [-0.2, 0) is 9.59 Å². The van der Waals surface area contributed by atoms with Crippen LogP contribution < -0.4 is 0 Å². The first-order valence-electron chi connectivity index (χ1n) is 7.48. The first kappa shape index (κ1) is 16.2. The van der Waals surface area contributed by atoms with Gasteiger partial charge in [-0.1, -0.05) is 18.7 Å². The van der Waals surface area contributed by atoms with Crippen molar-refractivity contribution in [2.45, 2.75) is 37.0 Å². The number of fused-ring (bicyclic) bond motifs is 1. The van der Waals surface area contributed by atoms with Crippen molar-refractivity contribution in [2.24, 2.45) is 5.92 Å². The molecular weight excluding hydrogens is 324 g/mol. The van der Waals surface area contributed by atoms with Gasteiger partial charge in [0.2, 0.25) is 5.91 Å². The summed E-state index contributed by atoms with van der Waals surface area (Å²) >= 11 is 3.00. The molecule has 0 saturated carbocycles. The van der Waals surface area contributed by atoms with Crippen LogP contribution in [0.2, 0.25) is 0 Å². The van der Waals surface area contributed by atoms with Crippen LogP contribution in [-0.4, -0.2) is 68.3 Å². The summed E-state index contributed by atoms with van der Waals surface area (Å²) in [6, 6.07) is 0. The van der Waals surface area contributed by atoms with E-state index in [1.165, 1.54) is 16.7 Å². The van der Waals surface area contributed by atoms with E-state index in [9.17, 15) is 19.8 Å². The predicted octanol–water partition coefficient (Wildman–Crippen LogP) is 0.980. The molecule has 0 aliphatic carbocycles. The second kappa shape index (κ2) is 6.07. The van der Waals surface area contributed by atoms with Crippen LogP contribution in [0.3, 0.4) is 0 Å². The SMILES string of the molecule is CCN1CC[C@@H](SC2=C(C(=O)O)N3C(=O)[C@H]([C@@H](C)O)[C@H]3S2)C1. The lowest BCUT2D eigenvalue weighted by atomic mass is 9.92. The molecule has 2 fully saturated rings. The molecule has 1 amide bonds. The van der Waals surface area contributed by atoms with Gasteiger partial charge in [-0.15, -0.1) is 11.8 Å². The van der Waals surface area contributed by atoms with Crippen molar-refractivity contribution in [3.05, 3.63) is 9.93 Å². The summed E-state index contributed by atoms with van der Waals surface area (Å²) in [4.78, 5) is 27.4. The Bertz CT molecular complexity index is 537. The minimum absolute atomic E-state index is 0.108. The molecule has 0 aromatic rings. The smallest absolute Gasteiger partial charge is 0.354 e. The number of likely N-dealkylation sites (tertiary alicyclic amines) is 1. The van der Waals surface area contributed by atoms with E-state index in [1.807, 2.05) is 0 Å². The average molecular weight is 344 g/mol. The molecule has 0 bridgehead atoms. The molecule has 4 atom stereocenters. The molecular formula is C14H20N2O4S2. The van der Waals surface area contributed by atoms with Gasteiger partial charge in [0, 0.05) is 11.8 Å². The highest BCUT2D eigenvalue weighted by Gasteiger charge is 2.58. The van der Waals surface area contributed by atoms with Crippen molar-refractivity contribution >= 4 is 35.4 Å². The number of aliphatic hydroxyl groups excluding tert-OH is 1. The van der Waals surface area contributed by atoms with Gasteiger partial charge in [0.15, 0.2) is 5.70 Å². The number of rotatable bonds is 5. The summed E-state index contributed by atoms with van der Waals surface area (Å²) in [5.74, 6) is -1.82. The Morgan fingerprint density at radius 2 is 2.27 bits per heavy atom. The largest absolute Gasteiger partial charge is 0.477 e. The summed E-state index contributed by atoms with van der Waals surface area (Å²) < 4.78 is 0.719. The third-order valence-corrected chi connectivity index (χ3v) is 7.27. The Kier molecular flexibility index (Phi) is 4.46. The number of aliphatic hydroxyl groups is 1. The molecule has 0 aromatic heterocycles. The molecule has 2 saturated heterocycles. The highest BCUT2D eigenvalue weighted by molar-refractivity contribution is 8.23. The zero-order valence-electron chi connectivity index (χ0n) is 12.6. The number of carbonyl (C=O) groups excluding carboxylic acids is 1. The number of hydrogen-bond donors (Lipinski definition) is 2. The highest BCUT2D eigenvalue weighted by Crippen LogP contribution is 2.55.